The summed E-state index contributed by atoms with van der Waals surface area (Å²) in [6.07, 6.45) is 1.73. The van der Waals surface area contributed by atoms with E-state index in [9.17, 15) is 9.59 Å². The van der Waals surface area contributed by atoms with Gasteiger partial charge in [-0.05, 0) is 20.3 Å². The smallest absolute Gasteiger partial charge is 0.325 e. The van der Waals surface area contributed by atoms with Gasteiger partial charge in [0.05, 0.1) is 0 Å². The molecule has 2 fully saturated rings. The molecule has 2 aliphatic rings. The van der Waals surface area contributed by atoms with E-state index < -0.39 is 6.04 Å². The Balaban J connectivity index is 2.27. The van der Waals surface area contributed by atoms with Crippen LogP contribution in [0.2, 0.25) is 0 Å². The Morgan fingerprint density at radius 1 is 1.35 bits per heavy atom. The number of nitrogens with one attached hydrogen (secondary N) is 2. The topological polar surface area (TPSA) is 77.0 Å². The molecule has 2 atom stereocenters. The Kier molecular flexibility index (Phi) is 4.15. The molecule has 2 rings (SSSR count). The first-order chi connectivity index (χ1) is 9.47. The van der Waals surface area contributed by atoms with Crippen molar-refractivity contribution in [3.05, 3.63) is 0 Å². The Labute approximate surface area is 119 Å². The van der Waals surface area contributed by atoms with Crippen molar-refractivity contribution >= 4 is 17.9 Å². The van der Waals surface area contributed by atoms with Gasteiger partial charge in [-0.2, -0.15) is 0 Å². The lowest BCUT2D eigenvalue weighted by Gasteiger charge is -2.36. The van der Waals surface area contributed by atoms with E-state index in [1.54, 1.807) is 7.05 Å². The maximum atomic E-state index is 12.1. The fraction of sp³-hybridized carbons (Fsp3) is 0.769. The third-order valence-electron chi connectivity index (χ3n) is 3.69. The van der Waals surface area contributed by atoms with Crippen molar-refractivity contribution in [2.75, 3.05) is 13.6 Å². The molecule has 2 saturated heterocycles. The maximum absolute atomic E-state index is 12.1. The van der Waals surface area contributed by atoms with Crippen molar-refractivity contribution in [2.24, 2.45) is 4.99 Å². The van der Waals surface area contributed by atoms with Crippen molar-refractivity contribution in [3.63, 3.8) is 0 Å². The zero-order chi connectivity index (χ0) is 14.9. The van der Waals surface area contributed by atoms with E-state index in [0.29, 0.717) is 5.96 Å². The van der Waals surface area contributed by atoms with Gasteiger partial charge >= 0.3 is 6.03 Å². The van der Waals surface area contributed by atoms with Crippen molar-refractivity contribution in [1.82, 2.24) is 20.4 Å². The predicted octanol–water partition coefficient (Wildman–Crippen LogP) is 0.332. The molecule has 0 radical (unpaired) electrons. The number of fused-ring (bicyclic) bond motifs is 1. The molecule has 2 heterocycles. The molecule has 3 amide bonds. The van der Waals surface area contributed by atoms with Gasteiger partial charge in [0.1, 0.15) is 6.17 Å². The lowest BCUT2D eigenvalue weighted by atomic mass is 10.1. The fourth-order valence-electron chi connectivity index (χ4n) is 2.58. The second-order valence-corrected chi connectivity index (χ2v) is 5.50. The van der Waals surface area contributed by atoms with Crippen LogP contribution in [-0.4, -0.2) is 59.5 Å². The largest absolute Gasteiger partial charge is 0.333 e. The minimum atomic E-state index is -0.418. The van der Waals surface area contributed by atoms with Crippen LogP contribution in [0.25, 0.3) is 0 Å². The molecule has 2 N–H and O–H groups in total. The van der Waals surface area contributed by atoms with E-state index in [-0.39, 0.29) is 24.1 Å². The summed E-state index contributed by atoms with van der Waals surface area (Å²) in [4.78, 5) is 31.8. The van der Waals surface area contributed by atoms with Crippen LogP contribution in [0.1, 0.15) is 33.6 Å². The first-order valence-electron chi connectivity index (χ1n) is 7.14. The number of hydrogen-bond acceptors (Lipinski definition) is 3. The maximum Gasteiger partial charge on any atom is 0.325 e. The zero-order valence-corrected chi connectivity index (χ0v) is 12.5. The van der Waals surface area contributed by atoms with Crippen LogP contribution in [0.5, 0.6) is 0 Å². The van der Waals surface area contributed by atoms with Crippen LogP contribution in [0.4, 0.5) is 4.79 Å². The highest BCUT2D eigenvalue weighted by Gasteiger charge is 2.50. The number of rotatable bonds is 4. The molecule has 112 valence electrons. The summed E-state index contributed by atoms with van der Waals surface area (Å²) in [5.41, 5.74) is 0. The molecule has 2 aliphatic heterocycles. The van der Waals surface area contributed by atoms with Crippen molar-refractivity contribution in [1.29, 1.82) is 0 Å². The highest BCUT2D eigenvalue weighted by atomic mass is 16.2. The lowest BCUT2D eigenvalue weighted by molar-refractivity contribution is -0.127. The summed E-state index contributed by atoms with van der Waals surface area (Å²) in [5.74, 6) is 0.445. The number of carbonyl (C=O) groups is 2. The molecule has 0 spiro atoms. The highest BCUT2D eigenvalue weighted by Crippen LogP contribution is 2.22. The standard InChI is InChI=1S/C13H23N5O2/c1-5-6-7-14-12-15-10-9(18(12)8(2)3)11(19)16-13(20)17(10)4/h8-10H,5-7H2,1-4H3,(H,14,15)(H,16,19,20). The van der Waals surface area contributed by atoms with E-state index in [0.717, 1.165) is 19.4 Å². The average molecular weight is 281 g/mol. The molecule has 0 aromatic rings. The van der Waals surface area contributed by atoms with Gasteiger partial charge in [-0.3, -0.25) is 15.1 Å². The molecule has 7 heteroatoms. The summed E-state index contributed by atoms with van der Waals surface area (Å²) < 4.78 is 0. The van der Waals surface area contributed by atoms with Gasteiger partial charge in [0.2, 0.25) is 0 Å². The van der Waals surface area contributed by atoms with Crippen LogP contribution in [0.3, 0.4) is 0 Å². The minimum Gasteiger partial charge on any atom is -0.333 e. The first-order valence-corrected chi connectivity index (χ1v) is 7.14. The molecule has 0 bridgehead atoms. The van der Waals surface area contributed by atoms with E-state index in [1.165, 1.54) is 4.90 Å². The summed E-state index contributed by atoms with van der Waals surface area (Å²) in [6, 6.07) is -0.662. The monoisotopic (exact) mass is 281 g/mol. The number of carbonyl (C=O) groups excluding carboxylic acids is 2. The number of amides is 3. The lowest BCUT2D eigenvalue weighted by Crippen LogP contribution is -2.65. The Bertz CT molecular complexity index is 434. The first kappa shape index (κ1) is 14.6. The van der Waals surface area contributed by atoms with Gasteiger partial charge < -0.3 is 15.1 Å². The molecule has 2 unspecified atom stereocenters. The second-order valence-electron chi connectivity index (χ2n) is 5.50. The number of urea groups is 1. The third kappa shape index (κ3) is 2.44. The molecule has 7 nitrogen and oxygen atoms in total. The van der Waals surface area contributed by atoms with Crippen LogP contribution in [-0.2, 0) is 4.79 Å². The number of imide groups is 1. The van der Waals surface area contributed by atoms with Gasteiger partial charge in [0, 0.05) is 19.6 Å². The van der Waals surface area contributed by atoms with Gasteiger partial charge in [0.25, 0.3) is 5.91 Å². The number of likely N-dealkylation sites (N-methyl/N-ethyl adjacent to an activating group) is 1. The van der Waals surface area contributed by atoms with E-state index >= 15 is 0 Å². The summed E-state index contributed by atoms with van der Waals surface area (Å²) in [6.45, 7) is 6.87. The second kappa shape index (κ2) is 5.68. The Hall–Kier alpha value is -1.79. The Morgan fingerprint density at radius 2 is 2.05 bits per heavy atom. The van der Waals surface area contributed by atoms with Crippen molar-refractivity contribution in [2.45, 2.75) is 51.9 Å². The zero-order valence-electron chi connectivity index (χ0n) is 12.5. The van der Waals surface area contributed by atoms with Gasteiger partial charge in [-0.15, -0.1) is 0 Å². The number of aliphatic imine (C=N–C) groups is 1. The Morgan fingerprint density at radius 3 is 2.65 bits per heavy atom. The minimum absolute atomic E-state index is 0.130. The van der Waals surface area contributed by atoms with Crippen molar-refractivity contribution < 1.29 is 9.59 Å². The summed E-state index contributed by atoms with van der Waals surface area (Å²) in [5, 5.41) is 5.60. The molecular weight excluding hydrogens is 258 g/mol. The van der Waals surface area contributed by atoms with E-state index in [2.05, 4.69) is 22.5 Å². The predicted molar refractivity (Wildman–Crippen MR) is 76.2 cm³/mol. The quantitative estimate of drug-likeness (QED) is 0.728. The van der Waals surface area contributed by atoms with Gasteiger partial charge in [-0.1, -0.05) is 13.3 Å². The summed E-state index contributed by atoms with van der Waals surface area (Å²) in [7, 11) is 1.68. The molecule has 0 aromatic heterocycles. The van der Waals surface area contributed by atoms with Crippen LogP contribution in [0, 0.1) is 0 Å². The number of unbranched alkanes of at least 4 members (excludes halogenated alkanes) is 1. The van der Waals surface area contributed by atoms with E-state index in [1.807, 2.05) is 18.7 Å². The van der Waals surface area contributed by atoms with Gasteiger partial charge in [0.15, 0.2) is 12.0 Å². The summed E-state index contributed by atoms with van der Waals surface area (Å²) >= 11 is 0. The third-order valence-corrected chi connectivity index (χ3v) is 3.69. The number of hydrogen-bond donors (Lipinski definition) is 2. The molecule has 20 heavy (non-hydrogen) atoms. The SMILES string of the molecule is CCCCN=C1NC2C(C(=O)NC(=O)N2C)N1C(C)C. The fourth-order valence-corrected chi connectivity index (χ4v) is 2.58. The number of nitrogens with zero attached hydrogens (tertiary/aromatic N) is 3. The van der Waals surface area contributed by atoms with Crippen LogP contribution >= 0.6 is 0 Å². The van der Waals surface area contributed by atoms with Crippen LogP contribution in [0.15, 0.2) is 4.99 Å². The molecule has 0 aliphatic carbocycles. The normalized spacial score (nSPS) is 27.9. The number of guanidine groups is 1. The van der Waals surface area contributed by atoms with E-state index in [4.69, 9.17) is 0 Å². The highest BCUT2D eigenvalue weighted by molar-refractivity contribution is 6.04. The average Bonchev–Trinajstić information content (AvgIpc) is 2.76. The molecule has 0 saturated carbocycles. The van der Waals surface area contributed by atoms with Gasteiger partial charge in [-0.25, -0.2) is 4.79 Å². The van der Waals surface area contributed by atoms with Crippen LogP contribution < -0.4 is 10.6 Å². The molecule has 0 aromatic carbocycles. The van der Waals surface area contributed by atoms with Crippen molar-refractivity contribution in [3.8, 4) is 0 Å². The molecular formula is C13H23N5O2.